The number of aryl methyl sites for hydroxylation is 3. The summed E-state index contributed by atoms with van der Waals surface area (Å²) in [5, 5.41) is 2.80. The Hall–Kier alpha value is -3.32. The lowest BCUT2D eigenvalue weighted by Crippen LogP contribution is -2.28. The summed E-state index contributed by atoms with van der Waals surface area (Å²) in [6.45, 7) is 6.40. The SMILES string of the molecule is Cc1ccc(C)c(OCCNC(=O)c2ccc(C)c(NS(=O)(=O)c3ccccc3)c2)c1. The lowest BCUT2D eigenvalue weighted by Gasteiger charge is -2.13. The van der Waals surface area contributed by atoms with Crippen molar-refractivity contribution in [1.82, 2.24) is 5.32 Å². The van der Waals surface area contributed by atoms with Gasteiger partial charge >= 0.3 is 0 Å². The number of amides is 1. The van der Waals surface area contributed by atoms with E-state index < -0.39 is 10.0 Å². The van der Waals surface area contributed by atoms with Crippen molar-refractivity contribution in [3.63, 3.8) is 0 Å². The first kappa shape index (κ1) is 22.4. The minimum absolute atomic E-state index is 0.160. The zero-order valence-corrected chi connectivity index (χ0v) is 18.6. The van der Waals surface area contributed by atoms with Gasteiger partial charge in [0.05, 0.1) is 17.1 Å². The fraction of sp³-hybridized carbons (Fsp3) is 0.208. The molecule has 0 saturated heterocycles. The van der Waals surface area contributed by atoms with Gasteiger partial charge in [0.25, 0.3) is 15.9 Å². The predicted octanol–water partition coefficient (Wildman–Crippen LogP) is 4.22. The van der Waals surface area contributed by atoms with Crippen molar-refractivity contribution in [3.05, 3.63) is 89.0 Å². The van der Waals surface area contributed by atoms with E-state index in [4.69, 9.17) is 4.74 Å². The van der Waals surface area contributed by atoms with Gasteiger partial charge in [-0.1, -0.05) is 36.4 Å². The Morgan fingerprint density at radius 3 is 2.35 bits per heavy atom. The maximum atomic E-state index is 12.6. The molecule has 0 fully saturated rings. The summed E-state index contributed by atoms with van der Waals surface area (Å²) in [5.41, 5.74) is 3.58. The molecule has 0 aromatic heterocycles. The van der Waals surface area contributed by atoms with Crippen LogP contribution >= 0.6 is 0 Å². The van der Waals surface area contributed by atoms with Crippen LogP contribution in [0.5, 0.6) is 5.75 Å². The van der Waals surface area contributed by atoms with E-state index in [1.807, 2.05) is 32.0 Å². The maximum absolute atomic E-state index is 12.6. The fourth-order valence-electron chi connectivity index (χ4n) is 2.97. The lowest BCUT2D eigenvalue weighted by atomic mass is 10.1. The third-order valence-electron chi connectivity index (χ3n) is 4.79. The van der Waals surface area contributed by atoms with Crippen LogP contribution in [0.2, 0.25) is 0 Å². The molecule has 0 bridgehead atoms. The van der Waals surface area contributed by atoms with Gasteiger partial charge in [-0.2, -0.15) is 0 Å². The lowest BCUT2D eigenvalue weighted by molar-refractivity contribution is 0.0947. The van der Waals surface area contributed by atoms with Crippen LogP contribution in [-0.4, -0.2) is 27.5 Å². The molecule has 0 atom stereocenters. The van der Waals surface area contributed by atoms with E-state index in [1.54, 1.807) is 37.3 Å². The Labute approximate surface area is 183 Å². The van der Waals surface area contributed by atoms with Gasteiger partial charge in [0.15, 0.2) is 0 Å². The number of hydrogen-bond donors (Lipinski definition) is 2. The zero-order valence-electron chi connectivity index (χ0n) is 17.8. The average Bonchev–Trinajstić information content (AvgIpc) is 2.75. The van der Waals surface area contributed by atoms with Crippen molar-refractivity contribution in [1.29, 1.82) is 0 Å². The Kier molecular flexibility index (Phi) is 6.97. The summed E-state index contributed by atoms with van der Waals surface area (Å²) < 4.78 is 33.5. The second-order valence-electron chi connectivity index (χ2n) is 7.32. The van der Waals surface area contributed by atoms with Crippen molar-refractivity contribution < 1.29 is 17.9 Å². The predicted molar refractivity (Wildman–Crippen MR) is 122 cm³/mol. The third kappa shape index (κ3) is 5.86. The number of anilines is 1. The number of benzene rings is 3. The highest BCUT2D eigenvalue weighted by molar-refractivity contribution is 7.92. The van der Waals surface area contributed by atoms with Crippen molar-refractivity contribution in [2.24, 2.45) is 0 Å². The van der Waals surface area contributed by atoms with E-state index in [9.17, 15) is 13.2 Å². The summed E-state index contributed by atoms with van der Waals surface area (Å²) in [7, 11) is -3.74. The number of nitrogens with one attached hydrogen (secondary N) is 2. The molecule has 3 aromatic rings. The van der Waals surface area contributed by atoms with Gasteiger partial charge in [-0.25, -0.2) is 8.42 Å². The first-order valence-corrected chi connectivity index (χ1v) is 11.4. The van der Waals surface area contributed by atoms with Crippen LogP contribution in [0.4, 0.5) is 5.69 Å². The van der Waals surface area contributed by atoms with E-state index in [1.165, 1.54) is 18.2 Å². The molecular weight excluding hydrogens is 412 g/mol. The van der Waals surface area contributed by atoms with Gasteiger partial charge in [0.1, 0.15) is 12.4 Å². The Balaban J connectivity index is 1.62. The summed E-state index contributed by atoms with van der Waals surface area (Å²) in [5.74, 6) is 0.493. The molecule has 2 N–H and O–H groups in total. The van der Waals surface area contributed by atoms with E-state index in [-0.39, 0.29) is 10.8 Å². The standard InChI is InChI=1S/C24H26N2O4S/c1-17-9-10-19(3)23(15-17)30-14-13-25-24(27)20-12-11-18(2)22(16-20)26-31(28,29)21-7-5-4-6-8-21/h4-12,15-16,26H,13-14H2,1-3H3,(H,25,27). The molecule has 6 nitrogen and oxygen atoms in total. The maximum Gasteiger partial charge on any atom is 0.261 e. The van der Waals surface area contributed by atoms with Crippen LogP contribution in [-0.2, 0) is 10.0 Å². The highest BCUT2D eigenvalue weighted by atomic mass is 32.2. The average molecular weight is 439 g/mol. The van der Waals surface area contributed by atoms with E-state index in [0.29, 0.717) is 30.0 Å². The number of rotatable bonds is 8. The van der Waals surface area contributed by atoms with Gasteiger partial charge in [0, 0.05) is 5.56 Å². The zero-order chi connectivity index (χ0) is 22.4. The van der Waals surface area contributed by atoms with Crippen molar-refractivity contribution >= 4 is 21.6 Å². The first-order chi connectivity index (χ1) is 14.8. The number of carbonyl (C=O) groups excluding carboxylic acids is 1. The molecule has 3 aromatic carbocycles. The highest BCUT2D eigenvalue weighted by Crippen LogP contribution is 2.21. The van der Waals surface area contributed by atoms with Crippen LogP contribution in [0.1, 0.15) is 27.0 Å². The molecule has 162 valence electrons. The fourth-order valence-corrected chi connectivity index (χ4v) is 4.11. The summed E-state index contributed by atoms with van der Waals surface area (Å²) in [6.07, 6.45) is 0. The monoisotopic (exact) mass is 438 g/mol. The molecule has 31 heavy (non-hydrogen) atoms. The van der Waals surface area contributed by atoms with Crippen molar-refractivity contribution in [3.8, 4) is 5.75 Å². The van der Waals surface area contributed by atoms with Crippen LogP contribution in [0, 0.1) is 20.8 Å². The van der Waals surface area contributed by atoms with Crippen LogP contribution < -0.4 is 14.8 Å². The van der Waals surface area contributed by atoms with Gasteiger partial charge in [-0.05, 0) is 67.8 Å². The van der Waals surface area contributed by atoms with Crippen LogP contribution in [0.15, 0.2) is 71.6 Å². The molecule has 0 unspecified atom stereocenters. The van der Waals surface area contributed by atoms with Crippen molar-refractivity contribution in [2.75, 3.05) is 17.9 Å². The smallest absolute Gasteiger partial charge is 0.261 e. The molecule has 7 heteroatoms. The number of carbonyl (C=O) groups is 1. The molecule has 0 radical (unpaired) electrons. The Bertz CT molecular complexity index is 1180. The van der Waals surface area contributed by atoms with Crippen LogP contribution in [0.3, 0.4) is 0 Å². The number of ether oxygens (including phenoxy) is 1. The minimum Gasteiger partial charge on any atom is -0.491 e. The normalized spacial score (nSPS) is 11.1. The first-order valence-electron chi connectivity index (χ1n) is 9.93. The van der Waals surface area contributed by atoms with Crippen molar-refractivity contribution in [2.45, 2.75) is 25.7 Å². The van der Waals surface area contributed by atoms with Gasteiger partial charge in [-0.3, -0.25) is 9.52 Å². The van der Waals surface area contributed by atoms with Gasteiger partial charge < -0.3 is 10.1 Å². The molecule has 0 aliphatic carbocycles. The molecule has 0 aliphatic rings. The molecule has 3 rings (SSSR count). The summed E-state index contributed by atoms with van der Waals surface area (Å²) in [4.78, 5) is 12.7. The van der Waals surface area contributed by atoms with Gasteiger partial charge in [-0.15, -0.1) is 0 Å². The molecule has 0 heterocycles. The topological polar surface area (TPSA) is 84.5 Å². The quantitative estimate of drug-likeness (QED) is 0.516. The van der Waals surface area contributed by atoms with E-state index >= 15 is 0 Å². The number of sulfonamides is 1. The number of hydrogen-bond acceptors (Lipinski definition) is 4. The Morgan fingerprint density at radius 1 is 0.903 bits per heavy atom. The Morgan fingerprint density at radius 2 is 1.61 bits per heavy atom. The van der Waals surface area contributed by atoms with Crippen LogP contribution in [0.25, 0.3) is 0 Å². The molecule has 0 spiro atoms. The second-order valence-corrected chi connectivity index (χ2v) is 9.00. The summed E-state index contributed by atoms with van der Waals surface area (Å²) >= 11 is 0. The van der Waals surface area contributed by atoms with E-state index in [2.05, 4.69) is 10.0 Å². The largest absolute Gasteiger partial charge is 0.491 e. The molecule has 0 aliphatic heterocycles. The van der Waals surface area contributed by atoms with Gasteiger partial charge in [0.2, 0.25) is 0 Å². The highest BCUT2D eigenvalue weighted by Gasteiger charge is 2.16. The molecule has 0 saturated carbocycles. The summed E-state index contributed by atoms with van der Waals surface area (Å²) in [6, 6.07) is 19.0. The molecular formula is C24H26N2O4S. The third-order valence-corrected chi connectivity index (χ3v) is 6.17. The minimum atomic E-state index is -3.74. The molecule has 1 amide bonds. The van der Waals surface area contributed by atoms with E-state index in [0.717, 1.165) is 16.9 Å². The second kappa shape index (κ2) is 9.66.